The van der Waals surface area contributed by atoms with Crippen LogP contribution in [0.15, 0.2) is 18.3 Å². The number of aromatic nitrogens is 1. The maximum Gasteiger partial charge on any atom is 0.214 e. The predicted molar refractivity (Wildman–Crippen MR) is 69.5 cm³/mol. The molecule has 1 aliphatic rings. The molecule has 0 aromatic carbocycles. The van der Waals surface area contributed by atoms with Crippen LogP contribution in [0.3, 0.4) is 0 Å². The first-order valence-corrected chi connectivity index (χ1v) is 6.27. The molecule has 0 aliphatic carbocycles. The number of hydrogen-bond acceptors (Lipinski definition) is 4. The minimum atomic E-state index is 0.445. The molecule has 0 radical (unpaired) electrons. The number of rotatable bonds is 5. The Morgan fingerprint density at radius 1 is 1.47 bits per heavy atom. The Balaban J connectivity index is 1.85. The highest BCUT2D eigenvalue weighted by Gasteiger charge is 2.14. The average molecular weight is 235 g/mol. The smallest absolute Gasteiger partial charge is 0.214 e. The van der Waals surface area contributed by atoms with Crippen LogP contribution >= 0.6 is 0 Å². The third kappa shape index (κ3) is 3.60. The van der Waals surface area contributed by atoms with Gasteiger partial charge in [-0.05, 0) is 38.9 Å². The molecule has 0 amide bonds. The molecule has 17 heavy (non-hydrogen) atoms. The highest BCUT2D eigenvalue weighted by atomic mass is 16.5. The fourth-order valence-electron chi connectivity index (χ4n) is 2.29. The fourth-order valence-corrected chi connectivity index (χ4v) is 2.29. The number of nitrogens with zero attached hydrogens (tertiary/aromatic N) is 2. The fraction of sp³-hybridized carbons (Fsp3) is 0.615. The van der Waals surface area contributed by atoms with Gasteiger partial charge in [-0.2, -0.15) is 0 Å². The second-order valence-electron chi connectivity index (χ2n) is 4.64. The van der Waals surface area contributed by atoms with Crippen LogP contribution in [0.4, 0.5) is 5.69 Å². The topological polar surface area (TPSA) is 37.4 Å². The molecule has 1 unspecified atom stereocenters. The Labute approximate surface area is 103 Å². The SMILES string of the molecule is COc1cc(NC(C)CN2CCCC2)ccn1. The van der Waals surface area contributed by atoms with E-state index in [2.05, 4.69) is 22.1 Å². The first-order chi connectivity index (χ1) is 8.28. The van der Waals surface area contributed by atoms with Gasteiger partial charge in [0.1, 0.15) is 0 Å². The zero-order valence-electron chi connectivity index (χ0n) is 10.6. The molecule has 0 saturated carbocycles. The molecule has 1 aliphatic heterocycles. The lowest BCUT2D eigenvalue weighted by Crippen LogP contribution is -2.32. The summed E-state index contributed by atoms with van der Waals surface area (Å²) in [5.74, 6) is 0.656. The standard InChI is InChI=1S/C13H21N3O/c1-11(10-16-7-3-4-8-16)15-12-5-6-14-13(9-12)17-2/h5-6,9,11H,3-4,7-8,10H2,1-2H3,(H,14,15). The first kappa shape index (κ1) is 12.2. The highest BCUT2D eigenvalue weighted by Crippen LogP contribution is 2.15. The predicted octanol–water partition coefficient (Wildman–Crippen LogP) is 1.99. The maximum atomic E-state index is 5.11. The Morgan fingerprint density at radius 3 is 2.94 bits per heavy atom. The minimum Gasteiger partial charge on any atom is -0.481 e. The van der Waals surface area contributed by atoms with Crippen LogP contribution in [-0.2, 0) is 0 Å². The van der Waals surface area contributed by atoms with Crippen molar-refractivity contribution in [1.82, 2.24) is 9.88 Å². The van der Waals surface area contributed by atoms with Crippen molar-refractivity contribution in [2.24, 2.45) is 0 Å². The van der Waals surface area contributed by atoms with Gasteiger partial charge in [-0.3, -0.25) is 0 Å². The number of nitrogens with one attached hydrogen (secondary N) is 1. The van der Waals surface area contributed by atoms with Crippen molar-refractivity contribution in [3.8, 4) is 5.88 Å². The Kier molecular flexibility index (Phi) is 4.20. The second kappa shape index (κ2) is 5.87. The van der Waals surface area contributed by atoms with E-state index in [1.54, 1.807) is 13.3 Å². The lowest BCUT2D eigenvalue weighted by atomic mass is 10.3. The van der Waals surface area contributed by atoms with Crippen LogP contribution < -0.4 is 10.1 Å². The van der Waals surface area contributed by atoms with Crippen molar-refractivity contribution in [1.29, 1.82) is 0 Å². The normalized spacial score (nSPS) is 18.0. The molecule has 1 atom stereocenters. The van der Waals surface area contributed by atoms with E-state index in [1.807, 2.05) is 12.1 Å². The highest BCUT2D eigenvalue weighted by molar-refractivity contribution is 5.45. The molecule has 2 heterocycles. The van der Waals surface area contributed by atoms with E-state index >= 15 is 0 Å². The van der Waals surface area contributed by atoms with Gasteiger partial charge in [0.2, 0.25) is 5.88 Å². The first-order valence-electron chi connectivity index (χ1n) is 6.27. The number of ether oxygens (including phenoxy) is 1. The van der Waals surface area contributed by atoms with Crippen LogP contribution in [0, 0.1) is 0 Å². The molecule has 0 spiro atoms. The monoisotopic (exact) mass is 235 g/mol. The van der Waals surface area contributed by atoms with Crippen molar-refractivity contribution >= 4 is 5.69 Å². The number of methoxy groups -OCH3 is 1. The Hall–Kier alpha value is -1.29. The maximum absolute atomic E-state index is 5.11. The molecule has 4 heteroatoms. The Morgan fingerprint density at radius 2 is 2.24 bits per heavy atom. The van der Waals surface area contributed by atoms with Gasteiger partial charge >= 0.3 is 0 Å². The summed E-state index contributed by atoms with van der Waals surface area (Å²) in [4.78, 5) is 6.61. The molecule has 1 aromatic heterocycles. The van der Waals surface area contributed by atoms with Crippen molar-refractivity contribution in [2.75, 3.05) is 32.1 Å². The van der Waals surface area contributed by atoms with Gasteiger partial charge in [0, 0.05) is 30.5 Å². The largest absolute Gasteiger partial charge is 0.481 e. The summed E-state index contributed by atoms with van der Waals surface area (Å²) in [6.07, 6.45) is 4.45. The van der Waals surface area contributed by atoms with Crippen LogP contribution in [0.5, 0.6) is 5.88 Å². The molecular formula is C13H21N3O. The van der Waals surface area contributed by atoms with E-state index in [0.717, 1.165) is 12.2 Å². The van der Waals surface area contributed by atoms with Gasteiger partial charge in [-0.1, -0.05) is 0 Å². The minimum absolute atomic E-state index is 0.445. The number of anilines is 1. The van der Waals surface area contributed by atoms with Crippen molar-refractivity contribution in [2.45, 2.75) is 25.8 Å². The molecule has 1 saturated heterocycles. The summed E-state index contributed by atoms with van der Waals surface area (Å²) >= 11 is 0. The summed E-state index contributed by atoms with van der Waals surface area (Å²) in [6, 6.07) is 4.35. The number of likely N-dealkylation sites (tertiary alicyclic amines) is 1. The van der Waals surface area contributed by atoms with Crippen molar-refractivity contribution < 1.29 is 4.74 Å². The lowest BCUT2D eigenvalue weighted by Gasteiger charge is -2.22. The summed E-state index contributed by atoms with van der Waals surface area (Å²) in [7, 11) is 1.64. The molecule has 0 bridgehead atoms. The van der Waals surface area contributed by atoms with E-state index in [4.69, 9.17) is 4.74 Å². The number of hydrogen-bond donors (Lipinski definition) is 1. The summed E-state index contributed by atoms with van der Waals surface area (Å²) < 4.78 is 5.11. The molecule has 1 aromatic rings. The zero-order valence-corrected chi connectivity index (χ0v) is 10.6. The summed E-state index contributed by atoms with van der Waals surface area (Å²) in [5, 5.41) is 3.48. The summed E-state index contributed by atoms with van der Waals surface area (Å²) in [5.41, 5.74) is 1.07. The van der Waals surface area contributed by atoms with Crippen LogP contribution in [-0.4, -0.2) is 42.7 Å². The molecule has 4 nitrogen and oxygen atoms in total. The van der Waals surface area contributed by atoms with Crippen molar-refractivity contribution in [3.05, 3.63) is 18.3 Å². The van der Waals surface area contributed by atoms with Crippen LogP contribution in [0.1, 0.15) is 19.8 Å². The van der Waals surface area contributed by atoms with Gasteiger partial charge in [0.15, 0.2) is 0 Å². The molecule has 2 rings (SSSR count). The van der Waals surface area contributed by atoms with E-state index in [9.17, 15) is 0 Å². The number of pyridine rings is 1. The molecule has 1 N–H and O–H groups in total. The van der Waals surface area contributed by atoms with Crippen LogP contribution in [0.25, 0.3) is 0 Å². The van der Waals surface area contributed by atoms with E-state index in [1.165, 1.54) is 25.9 Å². The Bertz CT molecular complexity index is 350. The van der Waals surface area contributed by atoms with E-state index in [0.29, 0.717) is 11.9 Å². The van der Waals surface area contributed by atoms with Gasteiger partial charge in [-0.15, -0.1) is 0 Å². The molecule has 94 valence electrons. The van der Waals surface area contributed by atoms with E-state index < -0.39 is 0 Å². The lowest BCUT2D eigenvalue weighted by molar-refractivity contribution is 0.328. The van der Waals surface area contributed by atoms with E-state index in [-0.39, 0.29) is 0 Å². The summed E-state index contributed by atoms with van der Waals surface area (Å²) in [6.45, 7) is 5.80. The quantitative estimate of drug-likeness (QED) is 0.847. The van der Waals surface area contributed by atoms with Gasteiger partial charge in [-0.25, -0.2) is 4.98 Å². The van der Waals surface area contributed by atoms with Gasteiger partial charge in [0.05, 0.1) is 7.11 Å². The van der Waals surface area contributed by atoms with Crippen LogP contribution in [0.2, 0.25) is 0 Å². The van der Waals surface area contributed by atoms with Gasteiger partial charge < -0.3 is 15.0 Å². The zero-order chi connectivity index (χ0) is 12.1. The average Bonchev–Trinajstić information content (AvgIpc) is 2.82. The molecule has 1 fully saturated rings. The third-order valence-corrected chi connectivity index (χ3v) is 3.09. The van der Waals surface area contributed by atoms with Gasteiger partial charge in [0.25, 0.3) is 0 Å². The second-order valence-corrected chi connectivity index (χ2v) is 4.64. The third-order valence-electron chi connectivity index (χ3n) is 3.09. The van der Waals surface area contributed by atoms with Crippen molar-refractivity contribution in [3.63, 3.8) is 0 Å². The molecular weight excluding hydrogens is 214 g/mol.